The van der Waals surface area contributed by atoms with Gasteiger partial charge in [0.15, 0.2) is 0 Å². The van der Waals surface area contributed by atoms with E-state index in [9.17, 15) is 0 Å². The van der Waals surface area contributed by atoms with Crippen molar-refractivity contribution in [2.75, 3.05) is 0 Å². The number of hydrogen-bond donors (Lipinski definition) is 1. The monoisotopic (exact) mass is 343 g/mol. The van der Waals surface area contributed by atoms with Gasteiger partial charge in [0.2, 0.25) is 0 Å². The molecule has 0 radical (unpaired) electrons. The van der Waals surface area contributed by atoms with Crippen LogP contribution in [0.1, 0.15) is 23.1 Å². The van der Waals surface area contributed by atoms with Crippen LogP contribution in [0.2, 0.25) is 0 Å². The van der Waals surface area contributed by atoms with Gasteiger partial charge in [-0.25, -0.2) is 0 Å². The fourth-order valence-corrected chi connectivity index (χ4v) is 2.82. The summed E-state index contributed by atoms with van der Waals surface area (Å²) in [6.45, 7) is 1.91. The highest BCUT2D eigenvalue weighted by Gasteiger charge is 2.15. The van der Waals surface area contributed by atoms with Gasteiger partial charge in [-0.05, 0) is 36.8 Å². The summed E-state index contributed by atoms with van der Waals surface area (Å²) in [4.78, 5) is 0. The summed E-state index contributed by atoms with van der Waals surface area (Å²) < 4.78 is 7.52. The third-order valence-corrected chi connectivity index (χ3v) is 3.55. The highest BCUT2D eigenvalue weighted by atomic mass is 79.9. The Morgan fingerprint density at radius 3 is 2.50 bits per heavy atom. The highest BCUT2D eigenvalue weighted by molar-refractivity contribution is 9.11. The zero-order valence-electron chi connectivity index (χ0n) is 8.71. The van der Waals surface area contributed by atoms with Crippen LogP contribution in [0.4, 0.5) is 0 Å². The van der Waals surface area contributed by atoms with Crippen LogP contribution >= 0.6 is 31.9 Å². The third-order valence-electron chi connectivity index (χ3n) is 2.37. The summed E-state index contributed by atoms with van der Waals surface area (Å²) in [5.74, 6) is 1.65. The third kappa shape index (κ3) is 2.39. The number of rotatable bonds is 2. The van der Waals surface area contributed by atoms with E-state index in [1.807, 2.05) is 37.3 Å². The van der Waals surface area contributed by atoms with E-state index in [1.165, 1.54) is 0 Å². The molecule has 2 N–H and O–H groups in total. The van der Waals surface area contributed by atoms with Crippen molar-refractivity contribution in [1.29, 1.82) is 0 Å². The van der Waals surface area contributed by atoms with E-state index in [2.05, 4.69) is 31.9 Å². The molecule has 0 saturated carbocycles. The van der Waals surface area contributed by atoms with E-state index in [4.69, 9.17) is 10.2 Å². The molecule has 0 bridgehead atoms. The molecule has 1 atom stereocenters. The van der Waals surface area contributed by atoms with Crippen molar-refractivity contribution in [1.82, 2.24) is 0 Å². The van der Waals surface area contributed by atoms with Crippen molar-refractivity contribution in [3.8, 4) is 0 Å². The first-order chi connectivity index (χ1) is 7.58. The van der Waals surface area contributed by atoms with Gasteiger partial charge in [0.1, 0.15) is 11.5 Å². The van der Waals surface area contributed by atoms with Crippen molar-refractivity contribution in [3.05, 3.63) is 56.4 Å². The molecular weight excluding hydrogens is 334 g/mol. The summed E-state index contributed by atoms with van der Waals surface area (Å²) in [6.07, 6.45) is 0. The second-order valence-electron chi connectivity index (χ2n) is 3.59. The second kappa shape index (κ2) is 4.73. The predicted molar refractivity (Wildman–Crippen MR) is 71.3 cm³/mol. The molecule has 2 nitrogen and oxygen atoms in total. The number of hydrogen-bond acceptors (Lipinski definition) is 2. The van der Waals surface area contributed by atoms with E-state index in [1.54, 1.807) is 0 Å². The summed E-state index contributed by atoms with van der Waals surface area (Å²) >= 11 is 6.91. The van der Waals surface area contributed by atoms with Gasteiger partial charge in [0.05, 0.1) is 6.04 Å². The Labute approximate surface area is 111 Å². The minimum atomic E-state index is -0.240. The fraction of sp³-hybridized carbons (Fsp3) is 0.167. The Hall–Kier alpha value is -0.580. The van der Waals surface area contributed by atoms with Crippen molar-refractivity contribution < 1.29 is 4.42 Å². The van der Waals surface area contributed by atoms with Crippen LogP contribution < -0.4 is 5.73 Å². The average Bonchev–Trinajstić information content (AvgIpc) is 2.64. The van der Waals surface area contributed by atoms with Gasteiger partial charge < -0.3 is 10.2 Å². The van der Waals surface area contributed by atoms with Crippen molar-refractivity contribution in [2.24, 2.45) is 5.73 Å². The largest absolute Gasteiger partial charge is 0.464 e. The molecule has 1 aromatic heterocycles. The maximum atomic E-state index is 6.14. The first-order valence-electron chi connectivity index (χ1n) is 4.85. The lowest BCUT2D eigenvalue weighted by molar-refractivity contribution is 0.466. The summed E-state index contributed by atoms with van der Waals surface area (Å²) in [5.41, 5.74) is 7.15. The summed E-state index contributed by atoms with van der Waals surface area (Å²) in [5, 5.41) is 0. The molecule has 1 unspecified atom stereocenters. The Balaban J connectivity index is 2.37. The van der Waals surface area contributed by atoms with Gasteiger partial charge in [-0.1, -0.05) is 37.9 Å². The molecule has 2 rings (SSSR count). The number of furan rings is 1. The number of halogens is 2. The molecule has 0 aliphatic rings. The molecule has 0 aliphatic carbocycles. The Morgan fingerprint density at radius 2 is 1.94 bits per heavy atom. The maximum absolute atomic E-state index is 6.14. The van der Waals surface area contributed by atoms with Crippen LogP contribution in [0.25, 0.3) is 0 Å². The SMILES string of the molecule is Cc1ccc(C(N)c2ccc(Br)cc2Br)o1. The molecule has 0 saturated heterocycles. The van der Waals surface area contributed by atoms with Crippen molar-refractivity contribution >= 4 is 31.9 Å². The zero-order chi connectivity index (χ0) is 11.7. The molecular formula is C12H11Br2NO. The Morgan fingerprint density at radius 1 is 1.19 bits per heavy atom. The first kappa shape index (κ1) is 11.9. The van der Waals surface area contributed by atoms with E-state index < -0.39 is 0 Å². The minimum absolute atomic E-state index is 0.240. The normalized spacial score (nSPS) is 12.8. The second-order valence-corrected chi connectivity index (χ2v) is 5.36. The van der Waals surface area contributed by atoms with Crippen LogP contribution in [-0.2, 0) is 0 Å². The van der Waals surface area contributed by atoms with Crippen molar-refractivity contribution in [2.45, 2.75) is 13.0 Å². The van der Waals surface area contributed by atoms with Crippen LogP contribution in [0.5, 0.6) is 0 Å². The van der Waals surface area contributed by atoms with Gasteiger partial charge in [0, 0.05) is 8.95 Å². The predicted octanol–water partition coefficient (Wildman–Crippen LogP) is 4.16. The van der Waals surface area contributed by atoms with Crippen LogP contribution in [0.15, 0.2) is 43.7 Å². The van der Waals surface area contributed by atoms with E-state index in [0.29, 0.717) is 0 Å². The van der Waals surface area contributed by atoms with E-state index in [-0.39, 0.29) is 6.04 Å². The smallest absolute Gasteiger partial charge is 0.125 e. The molecule has 1 aromatic carbocycles. The number of benzene rings is 1. The standard InChI is InChI=1S/C12H11Br2NO/c1-7-2-5-11(16-7)12(15)9-4-3-8(13)6-10(9)14/h2-6,12H,15H2,1H3. The zero-order valence-corrected chi connectivity index (χ0v) is 11.9. The van der Waals surface area contributed by atoms with Gasteiger partial charge in [0.25, 0.3) is 0 Å². The van der Waals surface area contributed by atoms with Gasteiger partial charge in [-0.15, -0.1) is 0 Å². The molecule has 16 heavy (non-hydrogen) atoms. The van der Waals surface area contributed by atoms with Crippen LogP contribution in [-0.4, -0.2) is 0 Å². The van der Waals surface area contributed by atoms with E-state index >= 15 is 0 Å². The molecule has 4 heteroatoms. The van der Waals surface area contributed by atoms with Gasteiger partial charge >= 0.3 is 0 Å². The molecule has 0 amide bonds. The molecule has 1 heterocycles. The lowest BCUT2D eigenvalue weighted by Crippen LogP contribution is -2.11. The highest BCUT2D eigenvalue weighted by Crippen LogP contribution is 2.29. The topological polar surface area (TPSA) is 39.2 Å². The molecule has 0 spiro atoms. The lowest BCUT2D eigenvalue weighted by atomic mass is 10.1. The van der Waals surface area contributed by atoms with Crippen molar-refractivity contribution in [3.63, 3.8) is 0 Å². The first-order valence-corrected chi connectivity index (χ1v) is 6.43. The molecule has 0 aliphatic heterocycles. The van der Waals surface area contributed by atoms with Gasteiger partial charge in [-0.2, -0.15) is 0 Å². The van der Waals surface area contributed by atoms with Crippen LogP contribution in [0, 0.1) is 6.92 Å². The average molecular weight is 345 g/mol. The summed E-state index contributed by atoms with van der Waals surface area (Å²) in [7, 11) is 0. The van der Waals surface area contributed by atoms with E-state index in [0.717, 1.165) is 26.0 Å². The number of nitrogens with two attached hydrogens (primary N) is 1. The Bertz CT molecular complexity index is 507. The molecule has 2 aromatic rings. The maximum Gasteiger partial charge on any atom is 0.125 e. The fourth-order valence-electron chi connectivity index (χ4n) is 1.53. The molecule has 84 valence electrons. The number of aryl methyl sites for hydroxylation is 1. The summed E-state index contributed by atoms with van der Waals surface area (Å²) in [6, 6.07) is 9.52. The lowest BCUT2D eigenvalue weighted by Gasteiger charge is -2.11. The molecule has 0 fully saturated rings. The minimum Gasteiger partial charge on any atom is -0.464 e. The quantitative estimate of drug-likeness (QED) is 0.888. The van der Waals surface area contributed by atoms with Crippen LogP contribution in [0.3, 0.4) is 0 Å². The van der Waals surface area contributed by atoms with Gasteiger partial charge in [-0.3, -0.25) is 0 Å². The Kier molecular flexibility index (Phi) is 3.52.